The van der Waals surface area contributed by atoms with Crippen molar-refractivity contribution >= 4 is 16.6 Å². The number of aromatic nitrogens is 1. The zero-order valence-corrected chi connectivity index (χ0v) is 14.4. The molecule has 4 heteroatoms. The summed E-state index contributed by atoms with van der Waals surface area (Å²) in [5.74, 6) is 0.502. The second-order valence-electron chi connectivity index (χ2n) is 6.82. The molecule has 0 fully saturated rings. The third kappa shape index (κ3) is 3.48. The third-order valence-corrected chi connectivity index (χ3v) is 3.67. The van der Waals surface area contributed by atoms with Gasteiger partial charge in [-0.3, -0.25) is 0 Å². The van der Waals surface area contributed by atoms with Gasteiger partial charge in [-0.25, -0.2) is 9.37 Å². The van der Waals surface area contributed by atoms with Gasteiger partial charge in [-0.1, -0.05) is 0 Å². The largest absolute Gasteiger partial charge is 0.497 e. The van der Waals surface area contributed by atoms with Crippen molar-refractivity contribution in [2.24, 2.45) is 0 Å². The molecule has 3 aromatic rings. The normalized spacial score (nSPS) is 11.5. The van der Waals surface area contributed by atoms with Crippen LogP contribution in [0.15, 0.2) is 48.5 Å². The number of halogens is 1. The van der Waals surface area contributed by atoms with Crippen LogP contribution in [0.1, 0.15) is 20.8 Å². The van der Waals surface area contributed by atoms with Gasteiger partial charge in [0.15, 0.2) is 0 Å². The van der Waals surface area contributed by atoms with Crippen LogP contribution < -0.4 is 10.1 Å². The van der Waals surface area contributed by atoms with Crippen LogP contribution in [-0.2, 0) is 0 Å². The van der Waals surface area contributed by atoms with Gasteiger partial charge in [0.1, 0.15) is 11.6 Å². The van der Waals surface area contributed by atoms with Gasteiger partial charge in [0, 0.05) is 28.2 Å². The summed E-state index contributed by atoms with van der Waals surface area (Å²) in [4.78, 5) is 4.63. The fourth-order valence-electron chi connectivity index (χ4n) is 2.62. The van der Waals surface area contributed by atoms with E-state index >= 15 is 0 Å². The first-order valence-electron chi connectivity index (χ1n) is 7.89. The summed E-state index contributed by atoms with van der Waals surface area (Å²) < 4.78 is 18.9. The molecule has 0 radical (unpaired) electrons. The number of anilines is 1. The maximum absolute atomic E-state index is 13.7. The minimum absolute atomic E-state index is 0.111. The van der Waals surface area contributed by atoms with E-state index in [-0.39, 0.29) is 11.4 Å². The van der Waals surface area contributed by atoms with Crippen molar-refractivity contribution in [1.82, 2.24) is 4.98 Å². The Morgan fingerprint density at radius 3 is 2.33 bits per heavy atom. The number of rotatable bonds is 3. The minimum Gasteiger partial charge on any atom is -0.497 e. The standard InChI is InChI=1S/C20H21FN2O/c1-20(2,3)23-19-12-17(13-5-8-15(24-4)9-6-13)22-18-11-14(21)7-10-16(18)19/h5-12H,1-4H3,(H,22,23). The van der Waals surface area contributed by atoms with Crippen LogP contribution in [0.3, 0.4) is 0 Å². The highest BCUT2D eigenvalue weighted by Gasteiger charge is 2.14. The molecular weight excluding hydrogens is 303 g/mol. The molecule has 0 aliphatic carbocycles. The van der Waals surface area contributed by atoms with Crippen LogP contribution in [0, 0.1) is 5.82 Å². The van der Waals surface area contributed by atoms with Crippen LogP contribution in [-0.4, -0.2) is 17.6 Å². The number of hydrogen-bond donors (Lipinski definition) is 1. The Morgan fingerprint density at radius 2 is 1.71 bits per heavy atom. The lowest BCUT2D eigenvalue weighted by molar-refractivity contribution is 0.415. The quantitative estimate of drug-likeness (QED) is 0.713. The molecule has 0 spiro atoms. The minimum atomic E-state index is -0.288. The van der Waals surface area contributed by atoms with Crippen molar-refractivity contribution in [3.05, 3.63) is 54.3 Å². The van der Waals surface area contributed by atoms with E-state index in [1.165, 1.54) is 12.1 Å². The summed E-state index contributed by atoms with van der Waals surface area (Å²) in [6, 6.07) is 14.4. The Balaban J connectivity index is 2.17. The number of benzene rings is 2. The molecule has 3 nitrogen and oxygen atoms in total. The fourth-order valence-corrected chi connectivity index (χ4v) is 2.62. The summed E-state index contributed by atoms with van der Waals surface area (Å²) in [5.41, 5.74) is 3.22. The van der Waals surface area contributed by atoms with Gasteiger partial charge in [0.25, 0.3) is 0 Å². The zero-order valence-electron chi connectivity index (χ0n) is 14.4. The molecule has 0 aliphatic rings. The SMILES string of the molecule is COc1ccc(-c2cc(NC(C)(C)C)c3ccc(F)cc3n2)cc1. The molecule has 0 atom stereocenters. The van der Waals surface area contributed by atoms with Crippen LogP contribution in [0.25, 0.3) is 22.2 Å². The lowest BCUT2D eigenvalue weighted by atomic mass is 10.0. The number of ether oxygens (including phenoxy) is 1. The number of nitrogens with zero attached hydrogens (tertiary/aromatic N) is 1. The zero-order chi connectivity index (χ0) is 17.3. The molecule has 1 heterocycles. The first-order valence-corrected chi connectivity index (χ1v) is 7.89. The van der Waals surface area contributed by atoms with E-state index in [2.05, 4.69) is 31.1 Å². The molecule has 1 aromatic heterocycles. The molecule has 0 unspecified atom stereocenters. The van der Waals surface area contributed by atoms with E-state index in [1.54, 1.807) is 13.2 Å². The van der Waals surface area contributed by atoms with Crippen LogP contribution in [0.2, 0.25) is 0 Å². The summed E-state index contributed by atoms with van der Waals surface area (Å²) in [5, 5.41) is 4.40. The molecule has 3 rings (SSSR count). The summed E-state index contributed by atoms with van der Waals surface area (Å²) in [7, 11) is 1.64. The smallest absolute Gasteiger partial charge is 0.125 e. The average molecular weight is 324 g/mol. The van der Waals surface area contributed by atoms with Gasteiger partial charge in [-0.2, -0.15) is 0 Å². The van der Waals surface area contributed by atoms with Crippen molar-refractivity contribution in [2.75, 3.05) is 12.4 Å². The van der Waals surface area contributed by atoms with E-state index in [1.807, 2.05) is 30.3 Å². The highest BCUT2D eigenvalue weighted by atomic mass is 19.1. The molecule has 124 valence electrons. The fraction of sp³-hybridized carbons (Fsp3) is 0.250. The lowest BCUT2D eigenvalue weighted by Gasteiger charge is -2.24. The first-order chi connectivity index (χ1) is 11.4. The third-order valence-electron chi connectivity index (χ3n) is 3.67. The van der Waals surface area contributed by atoms with E-state index in [4.69, 9.17) is 4.74 Å². The molecule has 2 aromatic carbocycles. The summed E-state index contributed by atoms with van der Waals surface area (Å²) in [6.07, 6.45) is 0. The molecule has 1 N–H and O–H groups in total. The maximum Gasteiger partial charge on any atom is 0.125 e. The first kappa shape index (κ1) is 16.2. The average Bonchev–Trinajstić information content (AvgIpc) is 2.53. The molecule has 0 saturated carbocycles. The van der Waals surface area contributed by atoms with Crippen molar-refractivity contribution < 1.29 is 9.13 Å². The van der Waals surface area contributed by atoms with Gasteiger partial charge in [-0.15, -0.1) is 0 Å². The maximum atomic E-state index is 13.7. The van der Waals surface area contributed by atoms with Crippen molar-refractivity contribution in [2.45, 2.75) is 26.3 Å². The number of pyridine rings is 1. The summed E-state index contributed by atoms with van der Waals surface area (Å²) >= 11 is 0. The topological polar surface area (TPSA) is 34.1 Å². The van der Waals surface area contributed by atoms with Crippen LogP contribution in [0.4, 0.5) is 10.1 Å². The van der Waals surface area contributed by atoms with Gasteiger partial charge in [0.05, 0.1) is 18.3 Å². The highest BCUT2D eigenvalue weighted by molar-refractivity contribution is 5.94. The Hall–Kier alpha value is -2.62. The Kier molecular flexibility index (Phi) is 4.14. The van der Waals surface area contributed by atoms with E-state index in [0.29, 0.717) is 5.52 Å². The second-order valence-corrected chi connectivity index (χ2v) is 6.82. The van der Waals surface area contributed by atoms with Crippen molar-refractivity contribution in [3.8, 4) is 17.0 Å². The summed E-state index contributed by atoms with van der Waals surface area (Å²) in [6.45, 7) is 6.28. The molecule has 0 amide bonds. The number of hydrogen-bond acceptors (Lipinski definition) is 3. The lowest BCUT2D eigenvalue weighted by Crippen LogP contribution is -2.26. The Morgan fingerprint density at radius 1 is 1.00 bits per heavy atom. The number of fused-ring (bicyclic) bond motifs is 1. The monoisotopic (exact) mass is 324 g/mol. The molecule has 24 heavy (non-hydrogen) atoms. The molecular formula is C20H21FN2O. The molecule has 0 aliphatic heterocycles. The molecule has 0 bridgehead atoms. The predicted octanol–water partition coefficient (Wildman–Crippen LogP) is 5.26. The molecule has 0 saturated heterocycles. The number of nitrogens with one attached hydrogen (secondary N) is 1. The Labute approximate surface area is 141 Å². The van der Waals surface area contributed by atoms with Gasteiger partial charge < -0.3 is 10.1 Å². The second kappa shape index (κ2) is 6.11. The number of methoxy groups -OCH3 is 1. The van der Waals surface area contributed by atoms with E-state index < -0.39 is 0 Å². The van der Waals surface area contributed by atoms with E-state index in [0.717, 1.165) is 28.1 Å². The van der Waals surface area contributed by atoms with Gasteiger partial charge >= 0.3 is 0 Å². The Bertz CT molecular complexity index is 867. The van der Waals surface area contributed by atoms with Crippen LogP contribution >= 0.6 is 0 Å². The predicted molar refractivity (Wildman–Crippen MR) is 97.1 cm³/mol. The van der Waals surface area contributed by atoms with Gasteiger partial charge in [-0.05, 0) is 63.2 Å². The van der Waals surface area contributed by atoms with Crippen LogP contribution in [0.5, 0.6) is 5.75 Å². The highest BCUT2D eigenvalue weighted by Crippen LogP contribution is 2.31. The van der Waals surface area contributed by atoms with Gasteiger partial charge in [0.2, 0.25) is 0 Å². The van der Waals surface area contributed by atoms with Crippen molar-refractivity contribution in [1.29, 1.82) is 0 Å². The van der Waals surface area contributed by atoms with E-state index in [9.17, 15) is 4.39 Å². The van der Waals surface area contributed by atoms with Crippen molar-refractivity contribution in [3.63, 3.8) is 0 Å².